The van der Waals surface area contributed by atoms with Crippen molar-refractivity contribution in [3.8, 4) is 0 Å². The summed E-state index contributed by atoms with van der Waals surface area (Å²) in [5.74, 6) is 0.0370. The quantitative estimate of drug-likeness (QED) is 0.893. The Labute approximate surface area is 128 Å². The second-order valence-electron chi connectivity index (χ2n) is 5.07. The van der Waals surface area contributed by atoms with Crippen molar-refractivity contribution in [2.24, 2.45) is 0 Å². The normalized spacial score (nSPS) is 18.3. The van der Waals surface area contributed by atoms with Crippen LogP contribution in [0.25, 0.3) is 0 Å². The van der Waals surface area contributed by atoms with Crippen LogP contribution in [0, 0.1) is 0 Å². The molecule has 6 heteroatoms. The minimum absolute atomic E-state index is 0.0602. The van der Waals surface area contributed by atoms with E-state index >= 15 is 0 Å². The summed E-state index contributed by atoms with van der Waals surface area (Å²) in [5, 5.41) is 12.5. The Kier molecular flexibility index (Phi) is 5.50. The van der Waals surface area contributed by atoms with Gasteiger partial charge in [0.2, 0.25) is 0 Å². The first-order valence-electron chi connectivity index (χ1n) is 7.03. The summed E-state index contributed by atoms with van der Waals surface area (Å²) in [6.07, 6.45) is 0.520. The molecule has 1 aliphatic rings. The van der Waals surface area contributed by atoms with Crippen molar-refractivity contribution < 1.29 is 14.7 Å². The summed E-state index contributed by atoms with van der Waals surface area (Å²) in [6.45, 7) is 4.10. The van der Waals surface area contributed by atoms with Crippen LogP contribution in [0.4, 0.5) is 4.79 Å². The van der Waals surface area contributed by atoms with Gasteiger partial charge >= 0.3 is 12.0 Å². The Morgan fingerprint density at radius 1 is 1.43 bits per heavy atom. The molecule has 1 fully saturated rings. The smallest absolute Gasteiger partial charge is 0.335 e. The number of carboxylic acid groups (broad SMARTS) is 1. The molecule has 1 saturated heterocycles. The van der Waals surface area contributed by atoms with Gasteiger partial charge in [-0.25, -0.2) is 9.59 Å². The zero-order chi connectivity index (χ0) is 15.2. The van der Waals surface area contributed by atoms with Crippen LogP contribution < -0.4 is 5.32 Å². The Morgan fingerprint density at radius 2 is 2.19 bits per heavy atom. The van der Waals surface area contributed by atoms with E-state index in [9.17, 15) is 9.59 Å². The molecule has 2 N–H and O–H groups in total. The van der Waals surface area contributed by atoms with Gasteiger partial charge in [-0.3, -0.25) is 0 Å². The molecule has 1 aliphatic heterocycles. The van der Waals surface area contributed by atoms with Crippen molar-refractivity contribution in [3.63, 3.8) is 0 Å². The Bertz CT molecular complexity index is 521. The summed E-state index contributed by atoms with van der Waals surface area (Å²) in [4.78, 5) is 25.0. The van der Waals surface area contributed by atoms with Crippen LogP contribution in [0.3, 0.4) is 0 Å². The first-order valence-corrected chi connectivity index (χ1v) is 8.08. The molecular formula is C15H20N2O3S. The maximum Gasteiger partial charge on any atom is 0.335 e. The standard InChI is InChI=1S/C15H20N2O3S/c1-11-10-17(8-9-21-11)15(20)16-7-6-12-4-2-3-5-13(12)14(18)19/h2-5,11H,6-10H2,1H3,(H,16,20)(H,18,19). The predicted molar refractivity (Wildman–Crippen MR) is 84.0 cm³/mol. The third kappa shape index (κ3) is 4.39. The lowest BCUT2D eigenvalue weighted by Crippen LogP contribution is -2.46. The van der Waals surface area contributed by atoms with Gasteiger partial charge in [-0.1, -0.05) is 25.1 Å². The van der Waals surface area contributed by atoms with Gasteiger partial charge in [0.25, 0.3) is 0 Å². The molecule has 1 aromatic rings. The number of carbonyl (C=O) groups is 2. The molecule has 0 aromatic heterocycles. The van der Waals surface area contributed by atoms with E-state index in [2.05, 4.69) is 12.2 Å². The number of hydrogen-bond acceptors (Lipinski definition) is 3. The second kappa shape index (κ2) is 7.36. The van der Waals surface area contributed by atoms with E-state index in [1.165, 1.54) is 0 Å². The van der Waals surface area contributed by atoms with E-state index in [4.69, 9.17) is 5.11 Å². The topological polar surface area (TPSA) is 69.6 Å². The van der Waals surface area contributed by atoms with Crippen molar-refractivity contribution >= 4 is 23.8 Å². The van der Waals surface area contributed by atoms with Crippen molar-refractivity contribution in [1.82, 2.24) is 10.2 Å². The number of amides is 2. The summed E-state index contributed by atoms with van der Waals surface area (Å²) >= 11 is 1.88. The number of hydrogen-bond donors (Lipinski definition) is 2. The lowest BCUT2D eigenvalue weighted by molar-refractivity contribution is 0.0695. The number of aromatic carboxylic acids is 1. The lowest BCUT2D eigenvalue weighted by atomic mass is 10.0. The van der Waals surface area contributed by atoms with Crippen molar-refractivity contribution in [2.75, 3.05) is 25.4 Å². The highest BCUT2D eigenvalue weighted by Gasteiger charge is 2.20. The minimum Gasteiger partial charge on any atom is -0.478 e. The minimum atomic E-state index is -0.932. The number of urea groups is 1. The van der Waals surface area contributed by atoms with E-state index in [0.29, 0.717) is 23.8 Å². The SMILES string of the molecule is CC1CN(C(=O)NCCc2ccccc2C(=O)O)CCS1. The molecule has 1 aromatic carbocycles. The fourth-order valence-corrected chi connectivity index (χ4v) is 3.38. The number of rotatable bonds is 4. The summed E-state index contributed by atoms with van der Waals surface area (Å²) in [6, 6.07) is 6.83. The van der Waals surface area contributed by atoms with Crippen LogP contribution in [0.2, 0.25) is 0 Å². The maximum atomic E-state index is 12.0. The van der Waals surface area contributed by atoms with Gasteiger partial charge in [0, 0.05) is 30.6 Å². The van der Waals surface area contributed by atoms with Crippen LogP contribution in [0.1, 0.15) is 22.8 Å². The number of thioether (sulfide) groups is 1. The van der Waals surface area contributed by atoms with E-state index in [1.54, 1.807) is 18.2 Å². The van der Waals surface area contributed by atoms with Crippen molar-refractivity contribution in [3.05, 3.63) is 35.4 Å². The average molecular weight is 308 g/mol. The first kappa shape index (κ1) is 15.7. The van der Waals surface area contributed by atoms with E-state index in [1.807, 2.05) is 22.7 Å². The van der Waals surface area contributed by atoms with Crippen LogP contribution >= 0.6 is 11.8 Å². The lowest BCUT2D eigenvalue weighted by Gasteiger charge is -2.30. The maximum absolute atomic E-state index is 12.0. The molecule has 0 saturated carbocycles. The highest BCUT2D eigenvalue weighted by atomic mass is 32.2. The number of carbonyl (C=O) groups excluding carboxylic acids is 1. The zero-order valence-electron chi connectivity index (χ0n) is 12.0. The molecular weight excluding hydrogens is 288 g/mol. The average Bonchev–Trinajstić information content (AvgIpc) is 2.47. The van der Waals surface area contributed by atoms with Crippen molar-refractivity contribution in [1.29, 1.82) is 0 Å². The van der Waals surface area contributed by atoms with E-state index in [-0.39, 0.29) is 6.03 Å². The summed E-state index contributed by atoms with van der Waals surface area (Å²) in [5.41, 5.74) is 1.04. The van der Waals surface area contributed by atoms with Gasteiger partial charge in [0.1, 0.15) is 0 Å². The van der Waals surface area contributed by atoms with Gasteiger partial charge in [0.05, 0.1) is 5.56 Å². The largest absolute Gasteiger partial charge is 0.478 e. The number of nitrogens with one attached hydrogen (secondary N) is 1. The monoisotopic (exact) mass is 308 g/mol. The van der Waals surface area contributed by atoms with Crippen LogP contribution in [0.5, 0.6) is 0 Å². The summed E-state index contributed by atoms with van der Waals surface area (Å²) < 4.78 is 0. The summed E-state index contributed by atoms with van der Waals surface area (Å²) in [7, 11) is 0. The van der Waals surface area contributed by atoms with Gasteiger partial charge in [0.15, 0.2) is 0 Å². The zero-order valence-corrected chi connectivity index (χ0v) is 12.9. The van der Waals surface area contributed by atoms with Gasteiger partial charge in [-0.05, 0) is 18.1 Å². The molecule has 5 nitrogen and oxygen atoms in total. The Balaban J connectivity index is 1.84. The molecule has 1 atom stereocenters. The second-order valence-corrected chi connectivity index (χ2v) is 6.62. The van der Waals surface area contributed by atoms with Gasteiger partial charge in [-0.2, -0.15) is 11.8 Å². The van der Waals surface area contributed by atoms with E-state index < -0.39 is 5.97 Å². The molecule has 2 rings (SSSR count). The number of carboxylic acids is 1. The highest BCUT2D eigenvalue weighted by molar-refractivity contribution is 7.99. The number of benzene rings is 1. The van der Waals surface area contributed by atoms with Crippen molar-refractivity contribution in [2.45, 2.75) is 18.6 Å². The molecule has 0 radical (unpaired) electrons. The van der Waals surface area contributed by atoms with Gasteiger partial charge in [-0.15, -0.1) is 0 Å². The molecule has 0 aliphatic carbocycles. The highest BCUT2D eigenvalue weighted by Crippen LogP contribution is 2.17. The Morgan fingerprint density at radius 3 is 2.90 bits per heavy atom. The van der Waals surface area contributed by atoms with E-state index in [0.717, 1.165) is 24.4 Å². The number of nitrogens with zero attached hydrogens (tertiary/aromatic N) is 1. The fraction of sp³-hybridized carbons (Fsp3) is 0.467. The van der Waals surface area contributed by atoms with Gasteiger partial charge < -0.3 is 15.3 Å². The molecule has 0 bridgehead atoms. The van der Waals surface area contributed by atoms with Crippen LogP contribution in [-0.4, -0.2) is 52.6 Å². The van der Waals surface area contributed by atoms with Crippen LogP contribution in [0.15, 0.2) is 24.3 Å². The molecule has 1 heterocycles. The molecule has 2 amide bonds. The molecule has 0 spiro atoms. The first-order chi connectivity index (χ1) is 10.1. The molecule has 21 heavy (non-hydrogen) atoms. The third-order valence-electron chi connectivity index (χ3n) is 3.45. The third-order valence-corrected chi connectivity index (χ3v) is 4.58. The fourth-order valence-electron chi connectivity index (χ4n) is 2.37. The predicted octanol–water partition coefficient (Wildman–Crippen LogP) is 2.07. The molecule has 114 valence electrons. The van der Waals surface area contributed by atoms with Crippen LogP contribution in [-0.2, 0) is 6.42 Å². The Hall–Kier alpha value is -1.69. The molecule has 1 unspecified atom stereocenters.